The molecule has 0 aromatic carbocycles. The molecule has 110 valence electrons. The van der Waals surface area contributed by atoms with Crippen molar-refractivity contribution in [2.24, 2.45) is 5.10 Å². The third-order valence-electron chi connectivity index (χ3n) is 3.54. The second-order valence-electron chi connectivity index (χ2n) is 5.38. The van der Waals surface area contributed by atoms with Gasteiger partial charge >= 0.3 is 0 Å². The summed E-state index contributed by atoms with van der Waals surface area (Å²) >= 11 is 0. The molecule has 0 atom stereocenters. The van der Waals surface area contributed by atoms with Gasteiger partial charge in [-0.05, 0) is 6.42 Å². The quantitative estimate of drug-likeness (QED) is 0.401. The first-order valence-corrected chi connectivity index (χ1v) is 8.13. The number of rotatable bonds is 13. The van der Waals surface area contributed by atoms with Crippen molar-refractivity contribution in [3.63, 3.8) is 0 Å². The minimum absolute atomic E-state index is 0.836. The van der Waals surface area contributed by atoms with Crippen molar-refractivity contribution in [1.29, 1.82) is 0 Å². The van der Waals surface area contributed by atoms with Crippen LogP contribution in [0, 0.1) is 0 Å². The van der Waals surface area contributed by atoms with E-state index in [4.69, 9.17) is 4.74 Å². The molecule has 0 unspecified atom stereocenters. The summed E-state index contributed by atoms with van der Waals surface area (Å²) < 4.78 is 5.57. The first kappa shape index (κ1) is 16.2. The molecule has 0 spiro atoms. The van der Waals surface area contributed by atoms with Gasteiger partial charge in [-0.1, -0.05) is 76.2 Å². The van der Waals surface area contributed by atoms with Crippen molar-refractivity contribution in [2.75, 3.05) is 6.61 Å². The molecular weight excluding hydrogens is 236 g/mol. The Morgan fingerprint density at radius 2 is 1.47 bits per heavy atom. The topological polar surface area (TPSA) is 38.2 Å². The summed E-state index contributed by atoms with van der Waals surface area (Å²) in [6, 6.07) is 0. The first-order valence-electron chi connectivity index (χ1n) is 8.13. The second-order valence-corrected chi connectivity index (χ2v) is 5.38. The van der Waals surface area contributed by atoms with Crippen molar-refractivity contribution in [3.8, 4) is 0 Å². The Kier molecular flexibility index (Phi) is 10.4. The van der Waals surface area contributed by atoms with Gasteiger partial charge in [-0.2, -0.15) is 5.43 Å². The van der Waals surface area contributed by atoms with Crippen LogP contribution in [0.4, 0.5) is 0 Å². The van der Waals surface area contributed by atoms with Crippen molar-refractivity contribution in [1.82, 2.24) is 0 Å². The van der Waals surface area contributed by atoms with Crippen LogP contribution in [-0.4, -0.2) is 12.8 Å². The highest BCUT2D eigenvalue weighted by Gasteiger charge is 2.02. The monoisotopic (exact) mass is 267 g/mol. The Hall–Kier alpha value is -0.830. The molecule has 0 bridgehead atoms. The lowest BCUT2D eigenvalue weighted by Gasteiger charge is -2.04. The zero-order valence-electron chi connectivity index (χ0n) is 12.6. The van der Waals surface area contributed by atoms with Crippen molar-refractivity contribution < 1.29 is 10.2 Å². The molecule has 0 aromatic rings. The normalized spacial score (nSPS) is 13.8. The fourth-order valence-electron chi connectivity index (χ4n) is 2.32. The van der Waals surface area contributed by atoms with E-state index in [0.717, 1.165) is 12.4 Å². The molecule has 0 fully saturated rings. The number of nitrogens with zero attached hydrogens (tertiary/aromatic N) is 1. The highest BCUT2D eigenvalue weighted by atomic mass is 16.5. The number of nitrogens with two attached hydrogens (primary N) is 1. The lowest BCUT2D eigenvalue weighted by Crippen LogP contribution is -2.69. The molecule has 3 heteroatoms. The molecule has 1 aliphatic rings. The van der Waals surface area contributed by atoms with Gasteiger partial charge in [0.05, 0.1) is 6.61 Å². The Balaban J connectivity index is 1.70. The van der Waals surface area contributed by atoms with Gasteiger partial charge in [-0.25, -0.2) is 0 Å². The van der Waals surface area contributed by atoms with Crippen LogP contribution >= 0.6 is 0 Å². The third kappa shape index (κ3) is 9.71. The zero-order valence-corrected chi connectivity index (χ0v) is 12.6. The minimum atomic E-state index is 0.836. The average Bonchev–Trinajstić information content (AvgIpc) is 2.93. The molecule has 0 radical (unpaired) electrons. The van der Waals surface area contributed by atoms with Crippen molar-refractivity contribution in [3.05, 3.63) is 12.0 Å². The van der Waals surface area contributed by atoms with E-state index in [1.165, 1.54) is 70.6 Å². The van der Waals surface area contributed by atoms with Gasteiger partial charge in [0.2, 0.25) is 0 Å². The smallest absolute Gasteiger partial charge is 0.198 e. The lowest BCUT2D eigenvalue weighted by molar-refractivity contribution is -0.590. The van der Waals surface area contributed by atoms with Gasteiger partial charge in [0, 0.05) is 0 Å². The molecule has 1 heterocycles. The maximum atomic E-state index is 5.57. The van der Waals surface area contributed by atoms with Crippen molar-refractivity contribution >= 4 is 6.21 Å². The molecule has 0 saturated heterocycles. The van der Waals surface area contributed by atoms with E-state index in [2.05, 4.69) is 12.0 Å². The Morgan fingerprint density at radius 1 is 0.895 bits per heavy atom. The molecule has 0 aromatic heterocycles. The van der Waals surface area contributed by atoms with Crippen LogP contribution in [0.3, 0.4) is 0 Å². The van der Waals surface area contributed by atoms with E-state index in [-0.39, 0.29) is 0 Å². The molecule has 1 aliphatic heterocycles. The first-order chi connectivity index (χ1) is 9.43. The van der Waals surface area contributed by atoms with Gasteiger partial charge in [0.15, 0.2) is 12.0 Å². The van der Waals surface area contributed by atoms with Crippen LogP contribution in [-0.2, 0) is 4.74 Å². The van der Waals surface area contributed by atoms with E-state index in [1.807, 2.05) is 6.20 Å². The van der Waals surface area contributed by atoms with E-state index >= 15 is 0 Å². The SMILES string of the molecule is CCCCCCCCCCCCCOC1=C[NH2+]N=C1. The van der Waals surface area contributed by atoms with Crippen LogP contribution in [0.5, 0.6) is 0 Å². The van der Waals surface area contributed by atoms with Crippen LogP contribution in [0.25, 0.3) is 0 Å². The van der Waals surface area contributed by atoms with Crippen molar-refractivity contribution in [2.45, 2.75) is 77.6 Å². The third-order valence-corrected chi connectivity index (χ3v) is 3.54. The average molecular weight is 267 g/mol. The van der Waals surface area contributed by atoms with Gasteiger partial charge in [0.25, 0.3) is 0 Å². The molecule has 0 aliphatic carbocycles. The van der Waals surface area contributed by atoms with E-state index in [0.29, 0.717) is 0 Å². The van der Waals surface area contributed by atoms with E-state index in [9.17, 15) is 0 Å². The second kappa shape index (κ2) is 12.2. The number of ether oxygens (including phenoxy) is 1. The van der Waals surface area contributed by atoms with E-state index < -0.39 is 0 Å². The molecule has 1 rings (SSSR count). The summed E-state index contributed by atoms with van der Waals surface area (Å²) in [4.78, 5) is 0. The number of quaternary nitrogens is 1. The Labute approximate surface area is 118 Å². The van der Waals surface area contributed by atoms with E-state index in [1.54, 1.807) is 11.6 Å². The molecule has 0 saturated carbocycles. The van der Waals surface area contributed by atoms with Gasteiger partial charge in [-0.15, -0.1) is 0 Å². The fourth-order valence-corrected chi connectivity index (χ4v) is 2.32. The molecule has 2 N–H and O–H groups in total. The highest BCUT2D eigenvalue weighted by molar-refractivity contribution is 5.75. The number of hydrogen-bond acceptors (Lipinski definition) is 2. The van der Waals surface area contributed by atoms with Crippen LogP contribution in [0.1, 0.15) is 77.6 Å². The maximum Gasteiger partial charge on any atom is 0.198 e. The minimum Gasteiger partial charge on any atom is -0.487 e. The summed E-state index contributed by atoms with van der Waals surface area (Å²) in [5.74, 6) is 0.909. The molecule has 19 heavy (non-hydrogen) atoms. The summed E-state index contributed by atoms with van der Waals surface area (Å²) in [6.07, 6.45) is 18.8. The van der Waals surface area contributed by atoms with Gasteiger partial charge in [0.1, 0.15) is 6.21 Å². The maximum absolute atomic E-state index is 5.57. The number of allylic oxidation sites excluding steroid dienone is 1. The predicted molar refractivity (Wildman–Crippen MR) is 80.9 cm³/mol. The summed E-state index contributed by atoms with van der Waals surface area (Å²) in [7, 11) is 0. The lowest BCUT2D eigenvalue weighted by atomic mass is 10.1. The van der Waals surface area contributed by atoms with Crippen LogP contribution < -0.4 is 5.43 Å². The predicted octanol–water partition coefficient (Wildman–Crippen LogP) is 3.72. The Morgan fingerprint density at radius 3 is 2.00 bits per heavy atom. The summed E-state index contributed by atoms with van der Waals surface area (Å²) in [5.41, 5.74) is 1.77. The van der Waals surface area contributed by atoms with Gasteiger partial charge in [-0.3, -0.25) is 0 Å². The van der Waals surface area contributed by atoms with Gasteiger partial charge < -0.3 is 4.74 Å². The number of hydrogen-bond donors (Lipinski definition) is 1. The fraction of sp³-hybridized carbons (Fsp3) is 0.812. The standard InChI is InChI=1S/C16H30N2O/c1-2-3-4-5-6-7-8-9-10-11-12-13-19-16-14-17-18-15-16/h14-15H,2-13H2,1H3,(H,17,18)/p+1. The Bertz CT molecular complexity index is 261. The molecule has 3 nitrogen and oxygen atoms in total. The molecule has 0 amide bonds. The summed E-state index contributed by atoms with van der Waals surface area (Å²) in [6.45, 7) is 3.11. The van der Waals surface area contributed by atoms with Crippen LogP contribution in [0.15, 0.2) is 17.1 Å². The largest absolute Gasteiger partial charge is 0.487 e. The zero-order chi connectivity index (χ0) is 13.6. The highest BCUT2D eigenvalue weighted by Crippen LogP contribution is 2.11. The number of unbranched alkanes of at least 4 members (excludes halogenated alkanes) is 10. The van der Waals surface area contributed by atoms with Crippen LogP contribution in [0.2, 0.25) is 0 Å². The molecular formula is C16H31N2O+. The summed E-state index contributed by atoms with van der Waals surface area (Å²) in [5, 5.41) is 3.97.